The summed E-state index contributed by atoms with van der Waals surface area (Å²) in [5.74, 6) is -0.338. The summed E-state index contributed by atoms with van der Waals surface area (Å²) in [6, 6.07) is 7.09. The summed E-state index contributed by atoms with van der Waals surface area (Å²) < 4.78 is 87.1. The Morgan fingerprint density at radius 3 is 2.37 bits per heavy atom. The molecule has 228 valence electrons. The monoisotopic (exact) mass is 623 g/mol. The van der Waals surface area contributed by atoms with Crippen LogP contribution in [-0.4, -0.2) is 75.1 Å². The Kier molecular flexibility index (Phi) is 7.58. The van der Waals surface area contributed by atoms with Gasteiger partial charge in [0.05, 0.1) is 46.5 Å². The molecule has 2 unspecified atom stereocenters. The minimum Gasteiger partial charge on any atom is -0.373 e. The molecule has 0 aliphatic carbocycles. The molecule has 2 fully saturated rings. The number of hydrogen-bond acceptors (Lipinski definition) is 6. The van der Waals surface area contributed by atoms with Crippen molar-refractivity contribution in [2.45, 2.75) is 51.0 Å². The Hall–Kier alpha value is -3.36. The second kappa shape index (κ2) is 11.0. The number of likely N-dealkylation sites (tertiary alicyclic amines) is 1. The molecule has 2 atom stereocenters. The van der Waals surface area contributed by atoms with Crippen LogP contribution in [0.5, 0.6) is 0 Å². The maximum atomic E-state index is 13.6. The van der Waals surface area contributed by atoms with E-state index < -0.39 is 23.5 Å². The van der Waals surface area contributed by atoms with Crippen LogP contribution in [0.15, 0.2) is 52.5 Å². The molecule has 3 aliphatic heterocycles. The number of hydrogen-bond donors (Lipinski definition) is 0. The quantitative estimate of drug-likeness (QED) is 0.267. The first-order valence-electron chi connectivity index (χ1n) is 13.6. The fourth-order valence-corrected chi connectivity index (χ4v) is 6.61. The fourth-order valence-electron chi connectivity index (χ4n) is 5.68. The molecule has 43 heavy (non-hydrogen) atoms. The molecule has 1 aromatic heterocycles. The number of fused-ring (bicyclic) bond motifs is 1. The van der Waals surface area contributed by atoms with Crippen LogP contribution in [0.25, 0.3) is 17.0 Å². The zero-order valence-electron chi connectivity index (χ0n) is 23.1. The highest BCUT2D eigenvalue weighted by Crippen LogP contribution is 2.38. The maximum absolute atomic E-state index is 13.6. The summed E-state index contributed by atoms with van der Waals surface area (Å²) in [5, 5.41) is 5.44. The van der Waals surface area contributed by atoms with Crippen molar-refractivity contribution < 1.29 is 35.9 Å². The predicted octanol–water partition coefficient (Wildman–Crippen LogP) is 5.89. The molecule has 2 saturated heterocycles. The van der Waals surface area contributed by atoms with E-state index in [1.165, 1.54) is 22.6 Å². The van der Waals surface area contributed by atoms with Gasteiger partial charge in [-0.25, -0.2) is 0 Å². The number of morpholine rings is 1. The van der Waals surface area contributed by atoms with E-state index in [0.717, 1.165) is 32.2 Å². The number of ether oxygens (including phenoxy) is 1. The van der Waals surface area contributed by atoms with Crippen molar-refractivity contribution in [3.63, 3.8) is 0 Å². The van der Waals surface area contributed by atoms with Crippen molar-refractivity contribution in [1.29, 1.82) is 0 Å². The van der Waals surface area contributed by atoms with Gasteiger partial charge in [0.2, 0.25) is 0 Å². The van der Waals surface area contributed by atoms with E-state index >= 15 is 0 Å². The van der Waals surface area contributed by atoms with Gasteiger partial charge in [-0.3, -0.25) is 14.4 Å². The van der Waals surface area contributed by atoms with Crippen LogP contribution in [0.1, 0.15) is 36.1 Å². The van der Waals surface area contributed by atoms with Gasteiger partial charge in [-0.05, 0) is 67.1 Å². The molecule has 6 rings (SSSR count). The smallest absolute Gasteiger partial charge is 0.373 e. The summed E-state index contributed by atoms with van der Waals surface area (Å²) in [4.78, 5) is 21.9. The average molecular weight is 624 g/mol. The number of nitrogens with zero attached hydrogens (tertiary/aromatic N) is 5. The third kappa shape index (κ3) is 6.18. The van der Waals surface area contributed by atoms with Crippen LogP contribution in [0.2, 0.25) is 0 Å². The molecular weight excluding hydrogens is 596 g/mol. The zero-order chi connectivity index (χ0) is 30.7. The highest BCUT2D eigenvalue weighted by atomic mass is 32.2. The molecular formula is C29H27F6N5O2S. The van der Waals surface area contributed by atoms with E-state index in [2.05, 4.69) is 33.7 Å². The molecule has 0 saturated carbocycles. The van der Waals surface area contributed by atoms with E-state index in [0.29, 0.717) is 38.6 Å². The summed E-state index contributed by atoms with van der Waals surface area (Å²) >= 11 is 1.30. The Morgan fingerprint density at radius 2 is 1.70 bits per heavy atom. The number of aromatic nitrogens is 2. The average Bonchev–Trinajstić information content (AvgIpc) is 3.44. The van der Waals surface area contributed by atoms with Gasteiger partial charge in [0.15, 0.2) is 5.17 Å². The second-order valence-corrected chi connectivity index (χ2v) is 12.1. The molecule has 1 amide bonds. The van der Waals surface area contributed by atoms with E-state index in [-0.39, 0.29) is 36.3 Å². The van der Waals surface area contributed by atoms with Gasteiger partial charge in [0.25, 0.3) is 5.91 Å². The Balaban J connectivity index is 1.14. The van der Waals surface area contributed by atoms with Crippen molar-refractivity contribution in [3.05, 3.63) is 69.8 Å². The molecule has 3 aromatic rings. The first kappa shape index (κ1) is 29.7. The first-order valence-corrected chi connectivity index (χ1v) is 14.5. The van der Waals surface area contributed by atoms with Gasteiger partial charge < -0.3 is 9.64 Å². The van der Waals surface area contributed by atoms with Crippen molar-refractivity contribution in [3.8, 4) is 0 Å². The summed E-state index contributed by atoms with van der Waals surface area (Å²) in [6.07, 6.45) is -6.33. The number of carbonyl (C=O) groups excluding carboxylic acids is 1. The molecule has 14 heteroatoms. The molecule has 0 N–H and O–H groups in total. The SMILES string of the molecule is CC1CN(C2CN(C3=NC(=O)C(=Cc4ccc5c(cnn5Cc5ccc(C(F)(F)F)cc5C(F)(F)F)c4)S3)C2)CC(C)O1. The minimum atomic E-state index is -4.97. The predicted molar refractivity (Wildman–Crippen MR) is 150 cm³/mol. The topological polar surface area (TPSA) is 63.0 Å². The number of carbonyl (C=O) groups is 1. The van der Waals surface area contributed by atoms with Crippen LogP contribution in [0, 0.1) is 0 Å². The minimum absolute atomic E-state index is 0.127. The molecule has 0 radical (unpaired) electrons. The Morgan fingerprint density at radius 1 is 0.977 bits per heavy atom. The largest absolute Gasteiger partial charge is 0.416 e. The van der Waals surface area contributed by atoms with E-state index in [9.17, 15) is 31.1 Å². The van der Waals surface area contributed by atoms with E-state index in [1.54, 1.807) is 24.3 Å². The standard InChI is InChI=1S/C29H27F6N5O2S/c1-16-11-38(12-17(2)42-16)22-14-39(15-22)27-37-26(41)25(43-27)8-18-3-6-24-20(7-18)10-36-40(24)13-19-4-5-21(28(30,31)32)9-23(19)29(33,34)35/h3-10,16-17,22H,11-15H2,1-2H3. The third-order valence-corrected chi connectivity index (χ3v) is 8.78. The van der Waals surface area contributed by atoms with Gasteiger partial charge in [0.1, 0.15) is 0 Å². The highest BCUT2D eigenvalue weighted by molar-refractivity contribution is 8.18. The highest BCUT2D eigenvalue weighted by Gasteiger charge is 2.40. The lowest BCUT2D eigenvalue weighted by atomic mass is 10.0. The van der Waals surface area contributed by atoms with Gasteiger partial charge in [0, 0.05) is 37.6 Å². The van der Waals surface area contributed by atoms with Gasteiger partial charge in [-0.1, -0.05) is 12.1 Å². The molecule has 4 heterocycles. The number of amidine groups is 1. The maximum Gasteiger partial charge on any atom is 0.416 e. The third-order valence-electron chi connectivity index (χ3n) is 7.73. The van der Waals surface area contributed by atoms with Crippen molar-refractivity contribution in [2.75, 3.05) is 26.2 Å². The van der Waals surface area contributed by atoms with Crippen molar-refractivity contribution >= 4 is 39.8 Å². The number of halogens is 6. The zero-order valence-corrected chi connectivity index (χ0v) is 23.9. The number of thioether (sulfide) groups is 1. The molecule has 2 aromatic carbocycles. The van der Waals surface area contributed by atoms with Gasteiger partial charge in [-0.15, -0.1) is 0 Å². The number of aliphatic imine (C=N–C) groups is 1. The normalized spacial score (nSPS) is 23.3. The summed E-state index contributed by atoms with van der Waals surface area (Å²) in [6.45, 7) is 7.08. The lowest BCUT2D eigenvalue weighted by Gasteiger charge is -2.49. The first-order chi connectivity index (χ1) is 20.2. The van der Waals surface area contributed by atoms with Crippen molar-refractivity contribution in [1.82, 2.24) is 19.6 Å². The fraction of sp³-hybridized carbons (Fsp3) is 0.414. The molecule has 3 aliphatic rings. The summed E-state index contributed by atoms with van der Waals surface area (Å²) in [7, 11) is 0. The number of amides is 1. The lowest BCUT2D eigenvalue weighted by molar-refractivity contribution is -0.143. The van der Waals surface area contributed by atoms with Crippen LogP contribution in [0.4, 0.5) is 26.3 Å². The molecule has 0 spiro atoms. The number of rotatable bonds is 4. The summed E-state index contributed by atoms with van der Waals surface area (Å²) in [5.41, 5.74) is -1.88. The van der Waals surface area contributed by atoms with E-state index in [1.807, 2.05) is 0 Å². The van der Waals surface area contributed by atoms with E-state index in [4.69, 9.17) is 4.74 Å². The molecule has 7 nitrogen and oxygen atoms in total. The van der Waals surface area contributed by atoms with Crippen LogP contribution in [0.3, 0.4) is 0 Å². The van der Waals surface area contributed by atoms with Crippen molar-refractivity contribution in [2.24, 2.45) is 4.99 Å². The lowest BCUT2D eigenvalue weighted by Crippen LogP contribution is -2.64. The van der Waals surface area contributed by atoms with Crippen LogP contribution >= 0.6 is 11.8 Å². The molecule has 0 bridgehead atoms. The van der Waals surface area contributed by atoms with Crippen LogP contribution in [-0.2, 0) is 28.4 Å². The van der Waals surface area contributed by atoms with Gasteiger partial charge in [-0.2, -0.15) is 36.4 Å². The Labute approximate surface area is 247 Å². The second-order valence-electron chi connectivity index (χ2n) is 11.1. The Bertz CT molecular complexity index is 1620. The van der Waals surface area contributed by atoms with Crippen LogP contribution < -0.4 is 0 Å². The number of benzene rings is 2. The van der Waals surface area contributed by atoms with Gasteiger partial charge >= 0.3 is 12.4 Å². The number of alkyl halides is 6.